The smallest absolute Gasteiger partial charge is 0.243 e. The van der Waals surface area contributed by atoms with Crippen molar-refractivity contribution >= 4 is 10.0 Å². The Morgan fingerprint density at radius 3 is 2.43 bits per heavy atom. The van der Waals surface area contributed by atoms with Crippen LogP contribution in [0.5, 0.6) is 0 Å². The zero-order valence-corrected chi connectivity index (χ0v) is 13.6. The number of nitrogens with zero attached hydrogens (tertiary/aromatic N) is 1. The standard InChI is InChI=1S/C15H23NO4S/c1-4-14-6-5-13(10-17)7-15(14)21(18,19)16-8-11(2)20-12(3)9-16/h5-7,11-12,17H,4,8-10H2,1-3H3. The second-order valence-electron chi connectivity index (χ2n) is 5.53. The van der Waals surface area contributed by atoms with Crippen molar-refractivity contribution in [3.8, 4) is 0 Å². The van der Waals surface area contributed by atoms with Crippen LogP contribution in [0.25, 0.3) is 0 Å². The molecule has 1 aliphatic rings. The molecule has 118 valence electrons. The molecule has 0 radical (unpaired) electrons. The number of benzene rings is 1. The highest BCUT2D eigenvalue weighted by Crippen LogP contribution is 2.25. The molecule has 2 atom stereocenters. The topological polar surface area (TPSA) is 66.8 Å². The molecule has 0 spiro atoms. The fourth-order valence-corrected chi connectivity index (χ4v) is 4.63. The van der Waals surface area contributed by atoms with Crippen molar-refractivity contribution < 1.29 is 18.3 Å². The van der Waals surface area contributed by atoms with Gasteiger partial charge in [-0.25, -0.2) is 8.42 Å². The minimum absolute atomic E-state index is 0.116. The Morgan fingerprint density at radius 1 is 1.29 bits per heavy atom. The number of rotatable bonds is 4. The second kappa shape index (κ2) is 6.44. The van der Waals surface area contributed by atoms with Gasteiger partial charge in [-0.15, -0.1) is 0 Å². The van der Waals surface area contributed by atoms with Crippen LogP contribution in [0.4, 0.5) is 0 Å². The lowest BCUT2D eigenvalue weighted by Crippen LogP contribution is -2.48. The molecule has 0 aromatic heterocycles. The van der Waals surface area contributed by atoms with E-state index in [1.54, 1.807) is 18.2 Å². The molecule has 1 heterocycles. The molecule has 2 rings (SSSR count). The number of morpholine rings is 1. The van der Waals surface area contributed by atoms with Crippen molar-refractivity contribution in [2.24, 2.45) is 0 Å². The predicted octanol–water partition coefficient (Wildman–Crippen LogP) is 1.54. The highest BCUT2D eigenvalue weighted by molar-refractivity contribution is 7.89. The molecule has 1 N–H and O–H groups in total. The molecule has 1 fully saturated rings. The lowest BCUT2D eigenvalue weighted by atomic mass is 10.1. The molecule has 2 unspecified atom stereocenters. The van der Waals surface area contributed by atoms with E-state index in [0.717, 1.165) is 5.56 Å². The van der Waals surface area contributed by atoms with Crippen LogP contribution in [-0.2, 0) is 27.8 Å². The van der Waals surface area contributed by atoms with E-state index in [1.165, 1.54) is 4.31 Å². The first-order valence-corrected chi connectivity index (χ1v) is 8.70. The Bertz CT molecular complexity index is 590. The van der Waals surface area contributed by atoms with E-state index in [-0.39, 0.29) is 18.8 Å². The second-order valence-corrected chi connectivity index (χ2v) is 7.44. The Labute approximate surface area is 126 Å². The highest BCUT2D eigenvalue weighted by atomic mass is 32.2. The third kappa shape index (κ3) is 3.45. The van der Waals surface area contributed by atoms with Gasteiger partial charge in [0.2, 0.25) is 10.0 Å². The third-order valence-corrected chi connectivity index (χ3v) is 5.61. The van der Waals surface area contributed by atoms with Gasteiger partial charge in [0.15, 0.2) is 0 Å². The van der Waals surface area contributed by atoms with E-state index in [4.69, 9.17) is 4.74 Å². The van der Waals surface area contributed by atoms with Crippen LogP contribution in [-0.4, -0.2) is 43.1 Å². The van der Waals surface area contributed by atoms with Crippen molar-refractivity contribution in [3.63, 3.8) is 0 Å². The molecule has 0 amide bonds. The number of aliphatic hydroxyl groups is 1. The SMILES string of the molecule is CCc1ccc(CO)cc1S(=O)(=O)N1CC(C)OC(C)C1. The molecule has 0 aliphatic carbocycles. The van der Waals surface area contributed by atoms with Gasteiger partial charge in [-0.1, -0.05) is 19.1 Å². The Morgan fingerprint density at radius 2 is 1.90 bits per heavy atom. The van der Waals surface area contributed by atoms with Gasteiger partial charge in [0.05, 0.1) is 23.7 Å². The molecule has 21 heavy (non-hydrogen) atoms. The average Bonchev–Trinajstić information content (AvgIpc) is 2.45. The first-order valence-electron chi connectivity index (χ1n) is 7.26. The molecule has 6 heteroatoms. The summed E-state index contributed by atoms with van der Waals surface area (Å²) in [6.07, 6.45) is 0.402. The van der Waals surface area contributed by atoms with Gasteiger partial charge in [0.25, 0.3) is 0 Å². The van der Waals surface area contributed by atoms with Crippen molar-refractivity contribution in [2.45, 2.75) is 50.9 Å². The van der Waals surface area contributed by atoms with E-state index in [2.05, 4.69) is 0 Å². The third-order valence-electron chi connectivity index (χ3n) is 3.70. The molecule has 1 aliphatic heterocycles. The van der Waals surface area contributed by atoms with E-state index < -0.39 is 10.0 Å². The first kappa shape index (κ1) is 16.4. The van der Waals surface area contributed by atoms with Crippen LogP contribution < -0.4 is 0 Å². The molecule has 1 saturated heterocycles. The highest BCUT2D eigenvalue weighted by Gasteiger charge is 2.33. The van der Waals surface area contributed by atoms with Gasteiger partial charge < -0.3 is 9.84 Å². The summed E-state index contributed by atoms with van der Waals surface area (Å²) >= 11 is 0. The zero-order valence-electron chi connectivity index (χ0n) is 12.7. The molecule has 1 aromatic rings. The number of hydrogen-bond acceptors (Lipinski definition) is 4. The summed E-state index contributed by atoms with van der Waals surface area (Å²) in [5.74, 6) is 0. The molecular weight excluding hydrogens is 290 g/mol. The van der Waals surface area contributed by atoms with Gasteiger partial charge in [0, 0.05) is 13.1 Å². The fourth-order valence-electron chi connectivity index (χ4n) is 2.70. The van der Waals surface area contributed by atoms with Crippen molar-refractivity contribution in [1.82, 2.24) is 4.31 Å². The predicted molar refractivity (Wildman–Crippen MR) is 80.5 cm³/mol. The van der Waals surface area contributed by atoms with Gasteiger partial charge >= 0.3 is 0 Å². The Kier molecular flexibility index (Phi) is 5.03. The van der Waals surface area contributed by atoms with Gasteiger partial charge in [0.1, 0.15) is 0 Å². The minimum Gasteiger partial charge on any atom is -0.392 e. The van der Waals surface area contributed by atoms with Crippen LogP contribution in [0, 0.1) is 0 Å². The lowest BCUT2D eigenvalue weighted by Gasteiger charge is -2.34. The largest absolute Gasteiger partial charge is 0.392 e. The van der Waals surface area contributed by atoms with E-state index >= 15 is 0 Å². The van der Waals surface area contributed by atoms with Gasteiger partial charge in [-0.05, 0) is 37.5 Å². The average molecular weight is 313 g/mol. The van der Waals surface area contributed by atoms with Crippen LogP contribution in [0.1, 0.15) is 31.9 Å². The maximum Gasteiger partial charge on any atom is 0.243 e. The normalized spacial score (nSPS) is 24.2. The number of hydrogen-bond donors (Lipinski definition) is 1. The Balaban J connectivity index is 2.43. The van der Waals surface area contributed by atoms with Crippen LogP contribution in [0.15, 0.2) is 23.1 Å². The molecule has 5 nitrogen and oxygen atoms in total. The maximum absolute atomic E-state index is 12.9. The summed E-state index contributed by atoms with van der Waals surface area (Å²) in [6, 6.07) is 5.13. The van der Waals surface area contributed by atoms with E-state index in [9.17, 15) is 13.5 Å². The summed E-state index contributed by atoms with van der Waals surface area (Å²) in [7, 11) is -3.56. The summed E-state index contributed by atoms with van der Waals surface area (Å²) in [6.45, 7) is 6.24. The van der Waals surface area contributed by atoms with Gasteiger partial charge in [-0.3, -0.25) is 0 Å². The molecule has 1 aromatic carbocycles. The summed E-state index contributed by atoms with van der Waals surface area (Å²) in [5.41, 5.74) is 1.39. The maximum atomic E-state index is 12.9. The minimum atomic E-state index is -3.56. The van der Waals surface area contributed by atoms with Crippen molar-refractivity contribution in [3.05, 3.63) is 29.3 Å². The zero-order chi connectivity index (χ0) is 15.6. The van der Waals surface area contributed by atoms with Gasteiger partial charge in [-0.2, -0.15) is 4.31 Å². The van der Waals surface area contributed by atoms with Crippen LogP contribution >= 0.6 is 0 Å². The fraction of sp³-hybridized carbons (Fsp3) is 0.600. The number of ether oxygens (including phenoxy) is 1. The van der Waals surface area contributed by atoms with E-state index in [1.807, 2.05) is 20.8 Å². The molecular formula is C15H23NO4S. The monoisotopic (exact) mass is 313 g/mol. The summed E-state index contributed by atoms with van der Waals surface area (Å²) in [5, 5.41) is 9.26. The summed E-state index contributed by atoms with van der Waals surface area (Å²) in [4.78, 5) is 0.304. The van der Waals surface area contributed by atoms with Crippen LogP contribution in [0.3, 0.4) is 0 Å². The Hall–Kier alpha value is -0.950. The van der Waals surface area contributed by atoms with Crippen LogP contribution in [0.2, 0.25) is 0 Å². The molecule has 0 bridgehead atoms. The van der Waals surface area contributed by atoms with E-state index in [0.29, 0.717) is 30.0 Å². The van der Waals surface area contributed by atoms with Crippen molar-refractivity contribution in [2.75, 3.05) is 13.1 Å². The quantitative estimate of drug-likeness (QED) is 0.915. The first-order chi connectivity index (χ1) is 9.88. The lowest BCUT2D eigenvalue weighted by molar-refractivity contribution is -0.0441. The van der Waals surface area contributed by atoms with Crippen molar-refractivity contribution in [1.29, 1.82) is 0 Å². The summed E-state index contributed by atoms with van der Waals surface area (Å²) < 4.78 is 32.9. The number of sulfonamides is 1. The number of aliphatic hydroxyl groups excluding tert-OH is 1. The number of aryl methyl sites for hydroxylation is 1. The molecule has 0 saturated carbocycles.